The highest BCUT2D eigenvalue weighted by Gasteiger charge is 2.19. The van der Waals surface area contributed by atoms with E-state index in [-0.39, 0.29) is 11.8 Å². The topological polar surface area (TPSA) is 85.0 Å². The fraction of sp³-hybridized carbons (Fsp3) is 0.286. The van der Waals surface area contributed by atoms with Crippen molar-refractivity contribution < 1.29 is 9.59 Å². The molecular formula is C28H30N6O2. The summed E-state index contributed by atoms with van der Waals surface area (Å²) in [6.07, 6.45) is 9.97. The normalized spacial score (nSPS) is 13.4. The van der Waals surface area contributed by atoms with Gasteiger partial charge in [0, 0.05) is 55.8 Å². The average Bonchev–Trinajstić information content (AvgIpc) is 3.63. The van der Waals surface area contributed by atoms with Gasteiger partial charge in [-0.3, -0.25) is 24.2 Å². The van der Waals surface area contributed by atoms with Crippen molar-refractivity contribution in [3.8, 4) is 16.8 Å². The first-order valence-electron chi connectivity index (χ1n) is 12.4. The number of anilines is 1. The summed E-state index contributed by atoms with van der Waals surface area (Å²) < 4.78 is 3.66. The van der Waals surface area contributed by atoms with Gasteiger partial charge in [-0.25, -0.2) is 4.98 Å². The van der Waals surface area contributed by atoms with Crippen molar-refractivity contribution in [3.05, 3.63) is 84.4 Å². The second-order valence-corrected chi connectivity index (χ2v) is 9.14. The van der Waals surface area contributed by atoms with Crippen LogP contribution in [0.1, 0.15) is 41.7 Å². The predicted molar refractivity (Wildman–Crippen MR) is 139 cm³/mol. The van der Waals surface area contributed by atoms with Gasteiger partial charge in [-0.05, 0) is 55.5 Å². The molecule has 8 heteroatoms. The van der Waals surface area contributed by atoms with Gasteiger partial charge in [0.15, 0.2) is 0 Å². The molecule has 0 atom stereocenters. The van der Waals surface area contributed by atoms with Crippen molar-refractivity contribution in [2.75, 3.05) is 18.4 Å². The van der Waals surface area contributed by atoms with E-state index in [9.17, 15) is 9.59 Å². The van der Waals surface area contributed by atoms with Gasteiger partial charge in [0.2, 0.25) is 11.9 Å². The van der Waals surface area contributed by atoms with Crippen LogP contribution in [0, 0.1) is 0 Å². The van der Waals surface area contributed by atoms with Crippen LogP contribution in [-0.2, 0) is 18.3 Å². The van der Waals surface area contributed by atoms with E-state index in [1.54, 1.807) is 16.9 Å². The zero-order valence-electron chi connectivity index (χ0n) is 20.4. The Bertz CT molecular complexity index is 1360. The number of hydrogen-bond acceptors (Lipinski definition) is 4. The zero-order chi connectivity index (χ0) is 24.9. The number of carbonyl (C=O) groups excluding carboxylic acids is 2. The highest BCUT2D eigenvalue weighted by molar-refractivity contribution is 6.04. The van der Waals surface area contributed by atoms with Crippen LogP contribution in [0.3, 0.4) is 0 Å². The van der Waals surface area contributed by atoms with E-state index in [0.717, 1.165) is 61.3 Å². The molecule has 4 aromatic rings. The molecule has 1 saturated heterocycles. The summed E-state index contributed by atoms with van der Waals surface area (Å²) in [4.78, 5) is 31.8. The van der Waals surface area contributed by atoms with Crippen LogP contribution in [0.15, 0.2) is 73.2 Å². The van der Waals surface area contributed by atoms with Gasteiger partial charge in [0.25, 0.3) is 5.91 Å². The number of hydrogen-bond donors (Lipinski definition) is 1. The minimum atomic E-state index is -0.220. The van der Waals surface area contributed by atoms with Crippen LogP contribution in [0.4, 0.5) is 5.95 Å². The molecule has 2 amide bonds. The summed E-state index contributed by atoms with van der Waals surface area (Å²) >= 11 is 0. The fourth-order valence-corrected chi connectivity index (χ4v) is 4.56. The second-order valence-electron chi connectivity index (χ2n) is 9.14. The molecule has 0 bridgehead atoms. The smallest absolute Gasteiger partial charge is 0.258 e. The van der Waals surface area contributed by atoms with E-state index in [1.165, 1.54) is 0 Å². The summed E-state index contributed by atoms with van der Waals surface area (Å²) in [6.45, 7) is 1.68. The van der Waals surface area contributed by atoms with E-state index in [0.29, 0.717) is 17.9 Å². The number of imidazole rings is 1. The Balaban J connectivity index is 1.31. The zero-order valence-corrected chi connectivity index (χ0v) is 20.4. The minimum absolute atomic E-state index is 0.220. The predicted octanol–water partition coefficient (Wildman–Crippen LogP) is 4.47. The molecule has 0 aliphatic carbocycles. The Morgan fingerprint density at radius 1 is 1.03 bits per heavy atom. The molecule has 2 aromatic heterocycles. The number of benzene rings is 2. The molecule has 0 unspecified atom stereocenters. The molecule has 5 rings (SSSR count). The Labute approximate surface area is 210 Å². The second kappa shape index (κ2) is 10.6. The third-order valence-electron chi connectivity index (χ3n) is 6.46. The molecule has 1 aliphatic rings. The summed E-state index contributed by atoms with van der Waals surface area (Å²) in [7, 11) is 1.87. The average molecular weight is 483 g/mol. The van der Waals surface area contributed by atoms with Crippen LogP contribution in [0.2, 0.25) is 0 Å². The summed E-state index contributed by atoms with van der Waals surface area (Å²) in [6, 6.07) is 17.4. The number of aryl methyl sites for hydroxylation is 2. The molecule has 184 valence electrons. The third-order valence-corrected chi connectivity index (χ3v) is 6.46. The molecule has 0 saturated carbocycles. The Kier molecular flexibility index (Phi) is 6.93. The van der Waals surface area contributed by atoms with Crippen LogP contribution in [0.25, 0.3) is 16.8 Å². The number of nitrogens with zero attached hydrogens (tertiary/aromatic N) is 5. The summed E-state index contributed by atoms with van der Waals surface area (Å²) in [5.41, 5.74) is 4.27. The Morgan fingerprint density at radius 3 is 2.64 bits per heavy atom. The highest BCUT2D eigenvalue weighted by atomic mass is 16.2. The maximum Gasteiger partial charge on any atom is 0.258 e. The molecule has 1 N–H and O–H groups in total. The number of rotatable bonds is 9. The number of para-hydroxylation sites is 1. The van der Waals surface area contributed by atoms with Gasteiger partial charge in [-0.1, -0.05) is 30.3 Å². The van der Waals surface area contributed by atoms with E-state index >= 15 is 0 Å². The van der Waals surface area contributed by atoms with Crippen LogP contribution >= 0.6 is 0 Å². The van der Waals surface area contributed by atoms with E-state index < -0.39 is 0 Å². The van der Waals surface area contributed by atoms with Gasteiger partial charge in [0.05, 0.1) is 11.9 Å². The van der Waals surface area contributed by atoms with Crippen molar-refractivity contribution >= 4 is 17.8 Å². The quantitative estimate of drug-likeness (QED) is 0.357. The molecular weight excluding hydrogens is 452 g/mol. The van der Waals surface area contributed by atoms with Crippen LogP contribution in [-0.4, -0.2) is 49.1 Å². The molecule has 36 heavy (non-hydrogen) atoms. The first kappa shape index (κ1) is 23.5. The standard InChI is InChI=1S/C28H30N6O2/c1-32-19-23(18-29-32)21-9-7-10-22(17-21)27(36)31-28-30-24(20-34(28)25-12-3-2-4-13-25)11-5-6-15-33-16-8-14-26(33)35/h2-4,7,9-10,12-13,17-20H,5-6,8,11,14-16H2,1H3,(H,30,31,36). The minimum Gasteiger partial charge on any atom is -0.343 e. The van der Waals surface area contributed by atoms with Crippen molar-refractivity contribution in [2.45, 2.75) is 32.1 Å². The van der Waals surface area contributed by atoms with Gasteiger partial charge < -0.3 is 4.90 Å². The Morgan fingerprint density at radius 2 is 1.89 bits per heavy atom. The lowest BCUT2D eigenvalue weighted by Gasteiger charge is -2.14. The molecule has 1 fully saturated rings. The molecule has 8 nitrogen and oxygen atoms in total. The van der Waals surface area contributed by atoms with Gasteiger partial charge >= 0.3 is 0 Å². The van der Waals surface area contributed by atoms with Gasteiger partial charge in [0.1, 0.15) is 0 Å². The number of nitrogens with one attached hydrogen (secondary N) is 1. The van der Waals surface area contributed by atoms with Crippen molar-refractivity contribution in [1.29, 1.82) is 0 Å². The largest absolute Gasteiger partial charge is 0.343 e. The van der Waals surface area contributed by atoms with Crippen molar-refractivity contribution in [2.24, 2.45) is 7.05 Å². The van der Waals surface area contributed by atoms with Gasteiger partial charge in [-0.2, -0.15) is 5.10 Å². The maximum atomic E-state index is 13.2. The number of carbonyl (C=O) groups is 2. The van der Waals surface area contributed by atoms with Crippen LogP contribution in [0.5, 0.6) is 0 Å². The summed E-state index contributed by atoms with van der Waals surface area (Å²) in [5, 5.41) is 7.23. The Hall–Kier alpha value is -4.20. The number of unbranched alkanes of at least 4 members (excludes halogenated alkanes) is 1. The fourth-order valence-electron chi connectivity index (χ4n) is 4.56. The lowest BCUT2D eigenvalue weighted by molar-refractivity contribution is -0.127. The third kappa shape index (κ3) is 5.38. The van der Waals surface area contributed by atoms with Gasteiger partial charge in [-0.15, -0.1) is 0 Å². The first-order chi connectivity index (χ1) is 17.6. The van der Waals surface area contributed by atoms with E-state index in [2.05, 4.69) is 10.4 Å². The molecule has 3 heterocycles. The molecule has 2 aromatic carbocycles. The SMILES string of the molecule is Cn1cc(-c2cccc(C(=O)Nc3nc(CCCCN4CCCC4=O)cn3-c3ccccc3)c2)cn1. The number of aromatic nitrogens is 4. The monoisotopic (exact) mass is 482 g/mol. The first-order valence-corrected chi connectivity index (χ1v) is 12.4. The van der Waals surface area contributed by atoms with Crippen LogP contribution < -0.4 is 5.32 Å². The lowest BCUT2D eigenvalue weighted by atomic mass is 10.1. The molecule has 0 radical (unpaired) electrons. The van der Waals surface area contributed by atoms with E-state index in [4.69, 9.17) is 4.98 Å². The number of likely N-dealkylation sites (tertiary alicyclic amines) is 1. The van der Waals surface area contributed by atoms with E-state index in [1.807, 2.05) is 77.4 Å². The van der Waals surface area contributed by atoms with Crippen molar-refractivity contribution in [3.63, 3.8) is 0 Å². The number of amides is 2. The van der Waals surface area contributed by atoms with Crippen molar-refractivity contribution in [1.82, 2.24) is 24.2 Å². The maximum absolute atomic E-state index is 13.2. The molecule has 1 aliphatic heterocycles. The summed E-state index contributed by atoms with van der Waals surface area (Å²) in [5.74, 6) is 0.534. The highest BCUT2D eigenvalue weighted by Crippen LogP contribution is 2.22. The molecule has 0 spiro atoms. The lowest BCUT2D eigenvalue weighted by Crippen LogP contribution is -2.25.